The van der Waals surface area contributed by atoms with Gasteiger partial charge in [-0.1, -0.05) is 29.8 Å². The van der Waals surface area contributed by atoms with Crippen LogP contribution >= 0.6 is 11.6 Å². The molecule has 0 unspecified atom stereocenters. The molecule has 0 radical (unpaired) electrons. The van der Waals surface area contributed by atoms with E-state index in [2.05, 4.69) is 10.3 Å². The van der Waals surface area contributed by atoms with E-state index in [1.54, 1.807) is 12.3 Å². The summed E-state index contributed by atoms with van der Waals surface area (Å²) in [6.45, 7) is 3.98. The second kappa shape index (κ2) is 5.26. The number of hydrogen-bond donors (Lipinski definition) is 2. The van der Waals surface area contributed by atoms with Gasteiger partial charge in [-0.15, -0.1) is 0 Å². The molecule has 2 N–H and O–H groups in total. The molecular weight excluding hydrogens is 284 g/mol. The Labute approximate surface area is 127 Å². The van der Waals surface area contributed by atoms with Gasteiger partial charge >= 0.3 is 0 Å². The van der Waals surface area contributed by atoms with E-state index in [4.69, 9.17) is 11.6 Å². The van der Waals surface area contributed by atoms with Crippen LogP contribution in [0.2, 0.25) is 5.02 Å². The third-order valence-corrected chi connectivity index (χ3v) is 3.76. The maximum absolute atomic E-state index is 12.5. The van der Waals surface area contributed by atoms with Crippen LogP contribution in [-0.2, 0) is 0 Å². The highest BCUT2D eigenvalue weighted by Gasteiger charge is 2.13. The van der Waals surface area contributed by atoms with E-state index in [1.165, 1.54) is 0 Å². The molecule has 1 amide bonds. The van der Waals surface area contributed by atoms with Crippen LogP contribution in [0.4, 0.5) is 5.69 Å². The summed E-state index contributed by atoms with van der Waals surface area (Å²) in [6.07, 6.45) is 1.71. The lowest BCUT2D eigenvalue weighted by atomic mass is 10.1. The van der Waals surface area contributed by atoms with Crippen LogP contribution < -0.4 is 5.32 Å². The predicted octanol–water partition coefficient (Wildman–Crippen LogP) is 4.69. The maximum Gasteiger partial charge on any atom is 0.257 e. The number of H-pyrrole nitrogens is 1. The van der Waals surface area contributed by atoms with Gasteiger partial charge in [0.15, 0.2) is 0 Å². The first kappa shape index (κ1) is 13.7. The van der Waals surface area contributed by atoms with Gasteiger partial charge in [0, 0.05) is 27.8 Å². The SMILES string of the molecule is Cc1ccc(C)c(NC(=O)c2c[nH]c3cc(Cl)ccc23)c1. The number of rotatable bonds is 2. The lowest BCUT2D eigenvalue weighted by Gasteiger charge is -2.09. The van der Waals surface area contributed by atoms with Crippen LogP contribution in [0.25, 0.3) is 10.9 Å². The van der Waals surface area contributed by atoms with E-state index >= 15 is 0 Å². The number of fused-ring (bicyclic) bond motifs is 1. The zero-order valence-corrected chi connectivity index (χ0v) is 12.6. The fourth-order valence-electron chi connectivity index (χ4n) is 2.35. The number of hydrogen-bond acceptors (Lipinski definition) is 1. The second-order valence-electron chi connectivity index (χ2n) is 5.16. The van der Waals surface area contributed by atoms with Gasteiger partial charge in [0.1, 0.15) is 0 Å². The summed E-state index contributed by atoms with van der Waals surface area (Å²) in [4.78, 5) is 15.5. The predicted molar refractivity (Wildman–Crippen MR) is 87.2 cm³/mol. The minimum atomic E-state index is -0.128. The summed E-state index contributed by atoms with van der Waals surface area (Å²) in [6, 6.07) is 11.4. The molecule has 0 atom stereocenters. The van der Waals surface area contributed by atoms with E-state index in [9.17, 15) is 4.79 Å². The van der Waals surface area contributed by atoms with Crippen molar-refractivity contribution in [2.24, 2.45) is 0 Å². The van der Waals surface area contributed by atoms with Crippen molar-refractivity contribution in [2.75, 3.05) is 5.32 Å². The summed E-state index contributed by atoms with van der Waals surface area (Å²) in [5.74, 6) is -0.128. The molecule has 3 nitrogen and oxygen atoms in total. The second-order valence-corrected chi connectivity index (χ2v) is 5.60. The van der Waals surface area contributed by atoms with E-state index in [-0.39, 0.29) is 5.91 Å². The molecule has 0 aliphatic rings. The van der Waals surface area contributed by atoms with Gasteiger partial charge in [-0.3, -0.25) is 4.79 Å². The van der Waals surface area contributed by atoms with E-state index < -0.39 is 0 Å². The van der Waals surface area contributed by atoms with Crippen molar-refractivity contribution in [1.82, 2.24) is 4.98 Å². The lowest BCUT2D eigenvalue weighted by molar-refractivity contribution is 0.102. The fourth-order valence-corrected chi connectivity index (χ4v) is 2.52. The number of nitrogens with one attached hydrogen (secondary N) is 2. The van der Waals surface area contributed by atoms with Gasteiger partial charge in [0.25, 0.3) is 5.91 Å². The summed E-state index contributed by atoms with van der Waals surface area (Å²) in [7, 11) is 0. The average Bonchev–Trinajstić information content (AvgIpc) is 2.85. The average molecular weight is 299 g/mol. The maximum atomic E-state index is 12.5. The number of amides is 1. The standard InChI is InChI=1S/C17H15ClN2O/c1-10-3-4-11(2)15(7-10)20-17(21)14-9-19-16-8-12(18)5-6-13(14)16/h3-9,19H,1-2H3,(H,20,21). The van der Waals surface area contributed by atoms with Crippen LogP contribution in [0.3, 0.4) is 0 Å². The topological polar surface area (TPSA) is 44.9 Å². The Kier molecular flexibility index (Phi) is 3.43. The third kappa shape index (κ3) is 2.65. The number of benzene rings is 2. The summed E-state index contributed by atoms with van der Waals surface area (Å²) >= 11 is 5.95. The largest absolute Gasteiger partial charge is 0.360 e. The quantitative estimate of drug-likeness (QED) is 0.708. The van der Waals surface area contributed by atoms with Crippen LogP contribution in [0.1, 0.15) is 21.5 Å². The molecule has 3 aromatic rings. The molecule has 21 heavy (non-hydrogen) atoms. The van der Waals surface area contributed by atoms with Crippen molar-refractivity contribution in [3.05, 3.63) is 64.3 Å². The molecule has 4 heteroatoms. The van der Waals surface area contributed by atoms with E-state index in [0.29, 0.717) is 10.6 Å². The van der Waals surface area contributed by atoms with Crippen molar-refractivity contribution in [3.63, 3.8) is 0 Å². The van der Waals surface area contributed by atoms with Crippen molar-refractivity contribution in [3.8, 4) is 0 Å². The molecule has 0 saturated heterocycles. The van der Waals surface area contributed by atoms with Gasteiger partial charge in [0.05, 0.1) is 5.56 Å². The summed E-state index contributed by atoms with van der Waals surface area (Å²) in [5, 5.41) is 4.48. The number of aromatic nitrogens is 1. The normalized spacial score (nSPS) is 10.8. The molecule has 0 spiro atoms. The minimum absolute atomic E-state index is 0.128. The molecule has 0 fully saturated rings. The Bertz CT molecular complexity index is 836. The first-order valence-corrected chi connectivity index (χ1v) is 7.07. The van der Waals surface area contributed by atoms with Gasteiger partial charge in [0.2, 0.25) is 0 Å². The number of carbonyl (C=O) groups is 1. The van der Waals surface area contributed by atoms with Crippen molar-refractivity contribution in [1.29, 1.82) is 0 Å². The van der Waals surface area contributed by atoms with E-state index in [1.807, 2.05) is 44.2 Å². The first-order chi connectivity index (χ1) is 10.0. The van der Waals surface area contributed by atoms with Gasteiger partial charge in [-0.25, -0.2) is 0 Å². The number of carbonyl (C=O) groups excluding carboxylic acids is 1. The molecule has 3 rings (SSSR count). The zero-order valence-electron chi connectivity index (χ0n) is 11.8. The molecule has 0 bridgehead atoms. The molecular formula is C17H15ClN2O. The Morgan fingerprint density at radius 1 is 1.14 bits per heavy atom. The first-order valence-electron chi connectivity index (χ1n) is 6.70. The minimum Gasteiger partial charge on any atom is -0.360 e. The number of halogens is 1. The number of aryl methyl sites for hydroxylation is 2. The molecule has 0 aliphatic carbocycles. The number of anilines is 1. The van der Waals surface area contributed by atoms with E-state index in [0.717, 1.165) is 27.7 Å². The lowest BCUT2D eigenvalue weighted by Crippen LogP contribution is -2.12. The Morgan fingerprint density at radius 3 is 2.76 bits per heavy atom. The zero-order chi connectivity index (χ0) is 15.0. The summed E-state index contributed by atoms with van der Waals surface area (Å²) < 4.78 is 0. The molecule has 1 heterocycles. The van der Waals surface area contributed by atoms with Crippen molar-refractivity contribution < 1.29 is 4.79 Å². The van der Waals surface area contributed by atoms with Gasteiger partial charge in [-0.05, 0) is 43.2 Å². The van der Waals surface area contributed by atoms with Gasteiger partial charge in [-0.2, -0.15) is 0 Å². The fraction of sp³-hybridized carbons (Fsp3) is 0.118. The Hall–Kier alpha value is -2.26. The molecule has 2 aromatic carbocycles. The number of aromatic amines is 1. The highest BCUT2D eigenvalue weighted by molar-refractivity contribution is 6.31. The highest BCUT2D eigenvalue weighted by Crippen LogP contribution is 2.24. The van der Waals surface area contributed by atoms with Crippen molar-refractivity contribution >= 4 is 34.1 Å². The smallest absolute Gasteiger partial charge is 0.257 e. The Balaban J connectivity index is 1.95. The van der Waals surface area contributed by atoms with Crippen LogP contribution in [-0.4, -0.2) is 10.9 Å². The van der Waals surface area contributed by atoms with Crippen LogP contribution in [0.15, 0.2) is 42.6 Å². The van der Waals surface area contributed by atoms with Crippen LogP contribution in [0.5, 0.6) is 0 Å². The molecule has 0 saturated carbocycles. The van der Waals surface area contributed by atoms with Gasteiger partial charge < -0.3 is 10.3 Å². The molecule has 0 aliphatic heterocycles. The molecule has 1 aromatic heterocycles. The van der Waals surface area contributed by atoms with Crippen LogP contribution in [0, 0.1) is 13.8 Å². The summed E-state index contributed by atoms with van der Waals surface area (Å²) in [5.41, 5.74) is 4.46. The van der Waals surface area contributed by atoms with Crippen molar-refractivity contribution in [2.45, 2.75) is 13.8 Å². The third-order valence-electron chi connectivity index (χ3n) is 3.53. The monoisotopic (exact) mass is 298 g/mol. The molecule has 106 valence electrons. The Morgan fingerprint density at radius 2 is 1.95 bits per heavy atom. The highest BCUT2D eigenvalue weighted by atomic mass is 35.5.